The second kappa shape index (κ2) is 13.9. The van der Waals surface area contributed by atoms with E-state index in [1.54, 1.807) is 66.7 Å². The summed E-state index contributed by atoms with van der Waals surface area (Å²) in [5, 5.41) is 9.07. The molecule has 0 saturated carbocycles. The van der Waals surface area contributed by atoms with Crippen LogP contribution in [0.3, 0.4) is 0 Å². The molecule has 4 aromatic rings. The molecule has 0 heterocycles. The molecular weight excluding hydrogens is 508 g/mol. The summed E-state index contributed by atoms with van der Waals surface area (Å²) >= 11 is 0. The zero-order valence-corrected chi connectivity index (χ0v) is 21.8. The number of ether oxygens (including phenoxy) is 2. The van der Waals surface area contributed by atoms with E-state index in [0.29, 0.717) is 36.0 Å². The largest absolute Gasteiger partial charge is 0.494 e. The number of benzene rings is 4. The van der Waals surface area contributed by atoms with Gasteiger partial charge in [0.1, 0.15) is 18.1 Å². The molecular formula is C31H28N4O5. The van der Waals surface area contributed by atoms with Gasteiger partial charge in [0.25, 0.3) is 5.91 Å². The summed E-state index contributed by atoms with van der Waals surface area (Å²) < 4.78 is 11.2. The predicted octanol–water partition coefficient (Wildman–Crippen LogP) is 5.01. The fourth-order valence-electron chi connectivity index (χ4n) is 3.58. The maximum atomic E-state index is 12.8. The number of carbonyl (C=O) groups is 3. The topological polar surface area (TPSA) is 118 Å². The second-order valence-electron chi connectivity index (χ2n) is 8.45. The molecule has 0 unspecified atom stereocenters. The van der Waals surface area contributed by atoms with Crippen LogP contribution in [0.4, 0.5) is 11.4 Å². The number of hydrazone groups is 1. The van der Waals surface area contributed by atoms with Gasteiger partial charge in [-0.2, -0.15) is 5.10 Å². The van der Waals surface area contributed by atoms with Gasteiger partial charge in [0.2, 0.25) is 0 Å². The second-order valence-corrected chi connectivity index (χ2v) is 8.45. The highest BCUT2D eigenvalue weighted by atomic mass is 16.5. The SMILES string of the molecule is CCOc1ccc(NC(=O)c2ccccc2NC(=O)C(=O)N/N=C\c2ccc(OCc3ccccc3)cc2)cc1. The molecule has 0 spiro atoms. The molecule has 3 amide bonds. The lowest BCUT2D eigenvalue weighted by molar-refractivity contribution is -0.136. The van der Waals surface area contributed by atoms with Crippen LogP contribution in [-0.4, -0.2) is 30.5 Å². The molecule has 4 aromatic carbocycles. The van der Waals surface area contributed by atoms with Crippen molar-refractivity contribution >= 4 is 35.3 Å². The molecule has 0 atom stereocenters. The minimum atomic E-state index is -0.985. The first-order valence-electron chi connectivity index (χ1n) is 12.6. The van der Waals surface area contributed by atoms with Crippen LogP contribution in [0.25, 0.3) is 0 Å². The lowest BCUT2D eigenvalue weighted by Crippen LogP contribution is -2.33. The fourth-order valence-corrected chi connectivity index (χ4v) is 3.58. The van der Waals surface area contributed by atoms with Gasteiger partial charge >= 0.3 is 11.8 Å². The molecule has 0 aliphatic carbocycles. The summed E-state index contributed by atoms with van der Waals surface area (Å²) in [6, 6.07) is 30.2. The van der Waals surface area contributed by atoms with Crippen molar-refractivity contribution in [1.82, 2.24) is 5.43 Å². The number of amides is 3. The molecule has 3 N–H and O–H groups in total. The molecule has 202 valence electrons. The third-order valence-electron chi connectivity index (χ3n) is 5.56. The van der Waals surface area contributed by atoms with Crippen LogP contribution in [0.2, 0.25) is 0 Å². The molecule has 40 heavy (non-hydrogen) atoms. The number of hydrogen-bond acceptors (Lipinski definition) is 6. The van der Waals surface area contributed by atoms with E-state index >= 15 is 0 Å². The first kappa shape index (κ1) is 27.6. The highest BCUT2D eigenvalue weighted by Gasteiger charge is 2.18. The molecule has 0 aliphatic heterocycles. The van der Waals surface area contributed by atoms with Gasteiger partial charge in [-0.05, 0) is 78.7 Å². The molecule has 0 fully saturated rings. The first-order chi connectivity index (χ1) is 19.5. The van der Waals surface area contributed by atoms with Crippen molar-refractivity contribution < 1.29 is 23.9 Å². The monoisotopic (exact) mass is 536 g/mol. The van der Waals surface area contributed by atoms with E-state index in [1.165, 1.54) is 12.3 Å². The molecule has 0 bridgehead atoms. The van der Waals surface area contributed by atoms with Gasteiger partial charge in [-0.15, -0.1) is 0 Å². The standard InChI is InChI=1S/C31H28N4O5/c1-2-39-25-18-14-24(15-19-25)33-29(36)27-10-6-7-11-28(27)34-30(37)31(38)35-32-20-22-12-16-26(17-13-22)40-21-23-8-4-3-5-9-23/h3-20H,2,21H2,1H3,(H,33,36)(H,34,37)(H,35,38)/b32-20-. The molecule has 0 aromatic heterocycles. The zero-order chi connectivity index (χ0) is 28.2. The van der Waals surface area contributed by atoms with Crippen molar-refractivity contribution in [2.75, 3.05) is 17.2 Å². The molecule has 9 heteroatoms. The zero-order valence-electron chi connectivity index (χ0n) is 21.8. The van der Waals surface area contributed by atoms with Crippen molar-refractivity contribution in [1.29, 1.82) is 0 Å². The minimum Gasteiger partial charge on any atom is -0.494 e. The summed E-state index contributed by atoms with van der Waals surface area (Å²) in [5.41, 5.74) is 4.87. The Hall–Kier alpha value is -5.44. The molecule has 4 rings (SSSR count). The van der Waals surface area contributed by atoms with Gasteiger partial charge in [0.05, 0.1) is 24.1 Å². The van der Waals surface area contributed by atoms with Crippen LogP contribution >= 0.6 is 0 Å². The Morgan fingerprint density at radius 3 is 2.10 bits per heavy atom. The van der Waals surface area contributed by atoms with Crippen LogP contribution in [-0.2, 0) is 16.2 Å². The smallest absolute Gasteiger partial charge is 0.329 e. The molecule has 0 saturated heterocycles. The van der Waals surface area contributed by atoms with Gasteiger partial charge < -0.3 is 20.1 Å². The maximum Gasteiger partial charge on any atom is 0.329 e. The number of carbonyl (C=O) groups excluding carboxylic acids is 3. The van der Waals surface area contributed by atoms with Crippen molar-refractivity contribution in [3.8, 4) is 11.5 Å². The Balaban J connectivity index is 1.28. The lowest BCUT2D eigenvalue weighted by Gasteiger charge is -2.11. The predicted molar refractivity (Wildman–Crippen MR) is 154 cm³/mol. The van der Waals surface area contributed by atoms with Gasteiger partial charge in [-0.1, -0.05) is 42.5 Å². The number of nitrogens with one attached hydrogen (secondary N) is 3. The van der Waals surface area contributed by atoms with Crippen molar-refractivity contribution in [2.24, 2.45) is 5.10 Å². The normalized spacial score (nSPS) is 10.5. The Labute approximate surface area is 231 Å². The Bertz CT molecular complexity index is 1470. The third-order valence-corrected chi connectivity index (χ3v) is 5.56. The van der Waals surface area contributed by atoms with Gasteiger partial charge in [-0.25, -0.2) is 5.43 Å². The average molecular weight is 537 g/mol. The summed E-state index contributed by atoms with van der Waals surface area (Å²) in [6.07, 6.45) is 1.41. The highest BCUT2D eigenvalue weighted by molar-refractivity contribution is 6.40. The van der Waals surface area contributed by atoms with E-state index in [9.17, 15) is 14.4 Å². The molecule has 0 radical (unpaired) electrons. The molecule has 9 nitrogen and oxygen atoms in total. The average Bonchev–Trinajstić information content (AvgIpc) is 2.98. The van der Waals surface area contributed by atoms with E-state index in [1.807, 2.05) is 37.3 Å². The van der Waals surface area contributed by atoms with Gasteiger partial charge in [0.15, 0.2) is 0 Å². The summed E-state index contributed by atoms with van der Waals surface area (Å²) in [4.78, 5) is 37.6. The molecule has 0 aliphatic rings. The van der Waals surface area contributed by atoms with Crippen LogP contribution < -0.4 is 25.5 Å². The van der Waals surface area contributed by atoms with E-state index in [0.717, 1.165) is 5.56 Å². The van der Waals surface area contributed by atoms with Crippen molar-refractivity contribution in [2.45, 2.75) is 13.5 Å². The van der Waals surface area contributed by atoms with E-state index < -0.39 is 17.7 Å². The Kier molecular flexibility index (Phi) is 9.60. The third kappa shape index (κ3) is 8.03. The Morgan fingerprint density at radius 2 is 1.38 bits per heavy atom. The van der Waals surface area contributed by atoms with Crippen molar-refractivity contribution in [3.63, 3.8) is 0 Å². The number of rotatable bonds is 10. The quantitative estimate of drug-likeness (QED) is 0.150. The maximum absolute atomic E-state index is 12.8. The summed E-state index contributed by atoms with van der Waals surface area (Å²) in [7, 11) is 0. The Morgan fingerprint density at radius 1 is 0.725 bits per heavy atom. The van der Waals surface area contributed by atoms with Gasteiger partial charge in [-0.3, -0.25) is 14.4 Å². The summed E-state index contributed by atoms with van der Waals surface area (Å²) in [6.45, 7) is 2.87. The minimum absolute atomic E-state index is 0.182. The van der Waals surface area contributed by atoms with E-state index in [-0.39, 0.29) is 11.3 Å². The summed E-state index contributed by atoms with van der Waals surface area (Å²) in [5.74, 6) is -1.03. The van der Waals surface area contributed by atoms with Crippen LogP contribution in [0, 0.1) is 0 Å². The van der Waals surface area contributed by atoms with Gasteiger partial charge in [0, 0.05) is 5.69 Å². The number of para-hydroxylation sites is 1. The van der Waals surface area contributed by atoms with Crippen molar-refractivity contribution in [3.05, 3.63) is 120 Å². The van der Waals surface area contributed by atoms with Crippen LogP contribution in [0.5, 0.6) is 11.5 Å². The lowest BCUT2D eigenvalue weighted by atomic mass is 10.1. The van der Waals surface area contributed by atoms with Crippen LogP contribution in [0.15, 0.2) is 108 Å². The highest BCUT2D eigenvalue weighted by Crippen LogP contribution is 2.20. The van der Waals surface area contributed by atoms with E-state index in [2.05, 4.69) is 21.2 Å². The van der Waals surface area contributed by atoms with E-state index in [4.69, 9.17) is 9.47 Å². The first-order valence-corrected chi connectivity index (χ1v) is 12.6. The fraction of sp³-hybridized carbons (Fsp3) is 0.0968. The number of hydrogen-bond donors (Lipinski definition) is 3. The van der Waals surface area contributed by atoms with Crippen LogP contribution in [0.1, 0.15) is 28.4 Å². The number of nitrogens with zero attached hydrogens (tertiary/aromatic N) is 1. The number of anilines is 2.